The molecule has 0 aliphatic heterocycles. The number of halogens is 2. The Morgan fingerprint density at radius 3 is 1.93 bits per heavy atom. The van der Waals surface area contributed by atoms with E-state index in [1.165, 1.54) is 0 Å². The lowest BCUT2D eigenvalue weighted by molar-refractivity contribution is 0.463. The second kappa shape index (κ2) is 3.82. The smallest absolute Gasteiger partial charge is 0.145 e. The molecule has 0 atom stereocenters. The Morgan fingerprint density at radius 1 is 1.21 bits per heavy atom. The lowest BCUT2D eigenvalue weighted by Crippen LogP contribution is -1.98. The Labute approximate surface area is 89.4 Å². The Kier molecular flexibility index (Phi) is 3.10. The largest absolute Gasteiger partial charge is 0.744 e. The summed E-state index contributed by atoms with van der Waals surface area (Å²) in [6, 6.07) is 1.65. The first-order chi connectivity index (χ1) is 6.36. The summed E-state index contributed by atoms with van der Waals surface area (Å²) in [6.07, 6.45) is 0. The first kappa shape index (κ1) is 11.4. The van der Waals surface area contributed by atoms with Gasteiger partial charge in [-0.2, -0.15) is 0 Å². The van der Waals surface area contributed by atoms with Crippen LogP contribution in [0.25, 0.3) is 0 Å². The Bertz CT molecular complexity index is 462. The molecular weight excluding hydrogens is 253 g/mol. The summed E-state index contributed by atoms with van der Waals surface area (Å²) in [5, 5.41) is 1.93. The first-order valence-electron chi connectivity index (χ1n) is 3.14. The van der Waals surface area contributed by atoms with Crippen molar-refractivity contribution in [2.75, 3.05) is 0 Å². The fraction of sp³-hybridized carbons (Fsp3) is 0. The van der Waals surface area contributed by atoms with Crippen molar-refractivity contribution in [1.29, 1.82) is 0 Å². The average Bonchev–Trinajstić information content (AvgIpc) is 2.01. The van der Waals surface area contributed by atoms with Crippen molar-refractivity contribution in [3.63, 3.8) is 0 Å². The maximum Gasteiger partial charge on any atom is 0.145 e. The normalized spacial score (nSPS) is 11.4. The van der Waals surface area contributed by atoms with Crippen LogP contribution in [0.1, 0.15) is 0 Å². The number of nitroso groups, excluding NO2 is 1. The summed E-state index contributed by atoms with van der Waals surface area (Å²) >= 11 is 10.9. The van der Waals surface area contributed by atoms with E-state index in [2.05, 4.69) is 5.18 Å². The zero-order valence-electron chi connectivity index (χ0n) is 6.40. The quantitative estimate of drug-likeness (QED) is 0.599. The molecule has 76 valence electrons. The molecule has 1 aromatic rings. The van der Waals surface area contributed by atoms with E-state index in [-0.39, 0.29) is 15.7 Å². The van der Waals surface area contributed by atoms with E-state index in [0.29, 0.717) is 0 Å². The molecular formula is C6H2Cl2NO4S-. The number of benzene rings is 1. The lowest BCUT2D eigenvalue weighted by atomic mass is 10.3. The van der Waals surface area contributed by atoms with Gasteiger partial charge in [-0.05, 0) is 17.3 Å². The molecule has 0 saturated heterocycles. The standard InChI is InChI=1S/C6H3Cl2NO4S/c7-4-1-3(14(11,12)13)2-5(8)6(4)9-10/h1-2H,(H,11,12,13)/p-1. The zero-order chi connectivity index (χ0) is 10.9. The van der Waals surface area contributed by atoms with E-state index in [1.54, 1.807) is 0 Å². The van der Waals surface area contributed by atoms with Gasteiger partial charge in [-0.3, -0.25) is 0 Å². The Balaban J connectivity index is 3.50. The molecule has 0 unspecified atom stereocenters. The van der Waals surface area contributed by atoms with Gasteiger partial charge in [-0.15, -0.1) is 4.91 Å². The first-order valence-corrected chi connectivity index (χ1v) is 5.31. The van der Waals surface area contributed by atoms with Crippen molar-refractivity contribution in [2.45, 2.75) is 4.90 Å². The third-order valence-corrected chi connectivity index (χ3v) is 2.76. The molecule has 0 bridgehead atoms. The molecule has 0 spiro atoms. The van der Waals surface area contributed by atoms with Crippen LogP contribution in [-0.2, 0) is 10.1 Å². The third kappa shape index (κ3) is 2.21. The summed E-state index contributed by atoms with van der Waals surface area (Å²) in [4.78, 5) is 9.57. The highest BCUT2D eigenvalue weighted by Gasteiger charge is 2.11. The van der Waals surface area contributed by atoms with Crippen LogP contribution in [0, 0.1) is 4.91 Å². The van der Waals surface area contributed by atoms with E-state index in [0.717, 1.165) is 12.1 Å². The number of rotatable bonds is 2. The summed E-state index contributed by atoms with van der Waals surface area (Å²) < 4.78 is 31.7. The highest BCUT2D eigenvalue weighted by atomic mass is 35.5. The van der Waals surface area contributed by atoms with Crippen LogP contribution in [0.4, 0.5) is 5.69 Å². The average molecular weight is 255 g/mol. The second-order valence-electron chi connectivity index (χ2n) is 2.28. The van der Waals surface area contributed by atoms with Crippen LogP contribution in [0.2, 0.25) is 10.0 Å². The maximum absolute atomic E-state index is 10.6. The molecule has 0 amide bonds. The predicted molar refractivity (Wildman–Crippen MR) is 49.9 cm³/mol. The topological polar surface area (TPSA) is 86.6 Å². The third-order valence-electron chi connectivity index (χ3n) is 1.37. The molecule has 0 N–H and O–H groups in total. The van der Waals surface area contributed by atoms with E-state index in [4.69, 9.17) is 23.2 Å². The molecule has 8 heteroatoms. The number of nitrogens with zero attached hydrogens (tertiary/aromatic N) is 1. The van der Waals surface area contributed by atoms with E-state index in [9.17, 15) is 17.9 Å². The van der Waals surface area contributed by atoms with E-state index >= 15 is 0 Å². The van der Waals surface area contributed by atoms with Crippen molar-refractivity contribution in [1.82, 2.24) is 0 Å². The van der Waals surface area contributed by atoms with Crippen LogP contribution in [0.3, 0.4) is 0 Å². The van der Waals surface area contributed by atoms with Gasteiger partial charge in [0.15, 0.2) is 0 Å². The van der Waals surface area contributed by atoms with Crippen LogP contribution in [0.15, 0.2) is 22.2 Å². The van der Waals surface area contributed by atoms with Crippen molar-refractivity contribution >= 4 is 39.0 Å². The molecule has 0 heterocycles. The van der Waals surface area contributed by atoms with Gasteiger partial charge in [0, 0.05) is 0 Å². The molecule has 14 heavy (non-hydrogen) atoms. The minimum Gasteiger partial charge on any atom is -0.744 e. The molecule has 0 aliphatic carbocycles. The van der Waals surface area contributed by atoms with Gasteiger partial charge >= 0.3 is 0 Å². The summed E-state index contributed by atoms with van der Waals surface area (Å²) in [5.41, 5.74) is -0.291. The van der Waals surface area contributed by atoms with Crippen LogP contribution < -0.4 is 0 Å². The molecule has 1 rings (SSSR count). The van der Waals surface area contributed by atoms with Gasteiger partial charge in [-0.1, -0.05) is 23.2 Å². The zero-order valence-corrected chi connectivity index (χ0v) is 8.73. The van der Waals surface area contributed by atoms with Crippen molar-refractivity contribution in [2.24, 2.45) is 5.18 Å². The minimum absolute atomic E-state index is 0.276. The molecule has 0 aromatic heterocycles. The van der Waals surface area contributed by atoms with Gasteiger partial charge in [-0.25, -0.2) is 8.42 Å². The van der Waals surface area contributed by atoms with Crippen LogP contribution >= 0.6 is 23.2 Å². The monoisotopic (exact) mass is 254 g/mol. The Hall–Kier alpha value is -0.690. The Morgan fingerprint density at radius 2 is 1.64 bits per heavy atom. The van der Waals surface area contributed by atoms with Crippen molar-refractivity contribution in [3.05, 3.63) is 27.1 Å². The summed E-state index contributed by atoms with van der Waals surface area (Å²) in [6.45, 7) is 0. The van der Waals surface area contributed by atoms with Gasteiger partial charge in [0.05, 0.1) is 14.9 Å². The van der Waals surface area contributed by atoms with Gasteiger partial charge in [0.2, 0.25) is 0 Å². The van der Waals surface area contributed by atoms with Gasteiger partial charge in [0.25, 0.3) is 0 Å². The van der Waals surface area contributed by atoms with Crippen molar-refractivity contribution < 1.29 is 13.0 Å². The van der Waals surface area contributed by atoms with Gasteiger partial charge < -0.3 is 4.55 Å². The highest BCUT2D eigenvalue weighted by molar-refractivity contribution is 7.85. The predicted octanol–water partition coefficient (Wildman–Crippen LogP) is 2.30. The number of hydrogen-bond acceptors (Lipinski definition) is 5. The fourth-order valence-corrected chi connectivity index (χ4v) is 1.98. The second-order valence-corrected chi connectivity index (χ2v) is 4.47. The molecule has 1 aromatic carbocycles. The van der Waals surface area contributed by atoms with Gasteiger partial charge in [0.1, 0.15) is 15.8 Å². The van der Waals surface area contributed by atoms with Crippen LogP contribution in [-0.4, -0.2) is 13.0 Å². The fourth-order valence-electron chi connectivity index (χ4n) is 0.774. The number of hydrogen-bond donors (Lipinski definition) is 0. The molecule has 0 radical (unpaired) electrons. The maximum atomic E-state index is 10.6. The molecule has 0 aliphatic rings. The van der Waals surface area contributed by atoms with Crippen molar-refractivity contribution in [3.8, 4) is 0 Å². The van der Waals surface area contributed by atoms with Crippen LogP contribution in [0.5, 0.6) is 0 Å². The molecule has 0 saturated carbocycles. The summed E-state index contributed by atoms with van der Waals surface area (Å²) in [5.74, 6) is 0. The SMILES string of the molecule is O=Nc1c(Cl)cc(S(=O)(=O)[O-])cc1Cl. The molecule has 0 fully saturated rings. The van der Waals surface area contributed by atoms with E-state index < -0.39 is 15.0 Å². The minimum atomic E-state index is -4.64. The van der Waals surface area contributed by atoms with E-state index in [1.807, 2.05) is 0 Å². The summed E-state index contributed by atoms with van der Waals surface area (Å²) in [7, 11) is -4.64. The molecule has 5 nitrogen and oxygen atoms in total. The lowest BCUT2D eigenvalue weighted by Gasteiger charge is -2.08. The highest BCUT2D eigenvalue weighted by Crippen LogP contribution is 2.35.